The van der Waals surface area contributed by atoms with Crippen LogP contribution in [-0.4, -0.2) is 61.5 Å². The first-order chi connectivity index (χ1) is 8.66. The van der Waals surface area contributed by atoms with Crippen LogP contribution < -0.4 is 5.32 Å². The number of hydrogen-bond acceptors (Lipinski definition) is 3. The first-order valence-corrected chi connectivity index (χ1v) is 7.35. The molecule has 2 saturated heterocycles. The number of amides is 1. The average Bonchev–Trinajstić information content (AvgIpc) is 2.40. The average molecular weight is 253 g/mol. The lowest BCUT2D eigenvalue weighted by Gasteiger charge is -2.35. The first-order valence-electron chi connectivity index (χ1n) is 7.35. The zero-order chi connectivity index (χ0) is 13.0. The maximum atomic E-state index is 12.2. The molecule has 2 aliphatic rings. The van der Waals surface area contributed by atoms with Gasteiger partial charge in [-0.2, -0.15) is 0 Å². The van der Waals surface area contributed by atoms with Crippen LogP contribution >= 0.6 is 0 Å². The van der Waals surface area contributed by atoms with E-state index >= 15 is 0 Å². The van der Waals surface area contributed by atoms with Crippen molar-refractivity contribution in [1.82, 2.24) is 15.1 Å². The molecule has 18 heavy (non-hydrogen) atoms. The first kappa shape index (κ1) is 13.8. The van der Waals surface area contributed by atoms with E-state index in [4.69, 9.17) is 0 Å². The molecule has 0 atom stereocenters. The van der Waals surface area contributed by atoms with Gasteiger partial charge in [0, 0.05) is 19.1 Å². The van der Waals surface area contributed by atoms with E-state index in [0.717, 1.165) is 32.1 Å². The van der Waals surface area contributed by atoms with Crippen LogP contribution in [0.1, 0.15) is 32.6 Å². The van der Waals surface area contributed by atoms with Crippen LogP contribution in [0.5, 0.6) is 0 Å². The second kappa shape index (κ2) is 6.53. The molecule has 2 heterocycles. The van der Waals surface area contributed by atoms with Gasteiger partial charge < -0.3 is 10.2 Å². The van der Waals surface area contributed by atoms with Gasteiger partial charge in [0.1, 0.15) is 0 Å². The summed E-state index contributed by atoms with van der Waals surface area (Å²) in [6, 6.07) is 0.582. The van der Waals surface area contributed by atoms with Crippen molar-refractivity contribution in [3.8, 4) is 0 Å². The fraction of sp³-hybridized carbons (Fsp3) is 0.929. The molecule has 4 nitrogen and oxygen atoms in total. The summed E-state index contributed by atoms with van der Waals surface area (Å²) in [6.07, 6.45) is 4.67. The quantitative estimate of drug-likeness (QED) is 0.813. The highest BCUT2D eigenvalue weighted by atomic mass is 16.2. The monoisotopic (exact) mass is 253 g/mol. The maximum Gasteiger partial charge on any atom is 0.236 e. The van der Waals surface area contributed by atoms with Crippen LogP contribution in [-0.2, 0) is 4.79 Å². The molecule has 1 amide bonds. The minimum Gasteiger partial charge on any atom is -0.342 e. The molecule has 2 fully saturated rings. The van der Waals surface area contributed by atoms with Crippen LogP contribution in [0, 0.1) is 5.92 Å². The smallest absolute Gasteiger partial charge is 0.236 e. The number of likely N-dealkylation sites (tertiary alicyclic amines) is 1. The molecule has 0 radical (unpaired) electrons. The van der Waals surface area contributed by atoms with E-state index in [0.29, 0.717) is 18.5 Å². The van der Waals surface area contributed by atoms with E-state index in [-0.39, 0.29) is 0 Å². The summed E-state index contributed by atoms with van der Waals surface area (Å²) in [7, 11) is 2.10. The number of likely N-dealkylation sites (N-methyl/N-ethyl adjacent to an activating group) is 1. The van der Waals surface area contributed by atoms with Crippen LogP contribution in [0.4, 0.5) is 0 Å². The molecule has 2 rings (SSSR count). The van der Waals surface area contributed by atoms with Gasteiger partial charge in [-0.3, -0.25) is 9.69 Å². The lowest BCUT2D eigenvalue weighted by atomic mass is 9.99. The molecule has 1 N–H and O–H groups in total. The normalized spacial score (nSPS) is 23.6. The van der Waals surface area contributed by atoms with Crippen LogP contribution in [0.3, 0.4) is 0 Å². The molecule has 0 aromatic heterocycles. The predicted molar refractivity (Wildman–Crippen MR) is 73.5 cm³/mol. The summed E-state index contributed by atoms with van der Waals surface area (Å²) in [5.74, 6) is 1.11. The third-order valence-electron chi connectivity index (χ3n) is 4.45. The minimum absolute atomic E-state index is 0.322. The molecule has 0 unspecified atom stereocenters. The molecule has 0 aromatic rings. The number of nitrogens with zero attached hydrogens (tertiary/aromatic N) is 2. The maximum absolute atomic E-state index is 12.2. The summed E-state index contributed by atoms with van der Waals surface area (Å²) in [6.45, 7) is 6.97. The van der Waals surface area contributed by atoms with Gasteiger partial charge in [0.25, 0.3) is 0 Å². The molecule has 0 spiro atoms. The lowest BCUT2D eigenvalue weighted by Crippen LogP contribution is -2.47. The van der Waals surface area contributed by atoms with E-state index in [2.05, 4.69) is 29.1 Å². The Morgan fingerprint density at radius 1 is 1.22 bits per heavy atom. The zero-order valence-corrected chi connectivity index (χ0v) is 11.8. The van der Waals surface area contributed by atoms with Crippen LogP contribution in [0.25, 0.3) is 0 Å². The number of rotatable bonds is 3. The highest BCUT2D eigenvalue weighted by Gasteiger charge is 2.24. The van der Waals surface area contributed by atoms with Gasteiger partial charge in [0.2, 0.25) is 5.91 Å². The number of nitrogens with one attached hydrogen (secondary N) is 1. The van der Waals surface area contributed by atoms with Crippen molar-refractivity contribution in [3.05, 3.63) is 0 Å². The van der Waals surface area contributed by atoms with Gasteiger partial charge in [-0.05, 0) is 51.7 Å². The molecule has 2 aliphatic heterocycles. The Hall–Kier alpha value is -0.610. The van der Waals surface area contributed by atoms with Crippen molar-refractivity contribution in [3.63, 3.8) is 0 Å². The molecule has 0 aliphatic carbocycles. The number of carbonyl (C=O) groups excluding carboxylic acids is 1. The Morgan fingerprint density at radius 2 is 1.83 bits per heavy atom. The summed E-state index contributed by atoms with van der Waals surface area (Å²) in [4.78, 5) is 16.5. The van der Waals surface area contributed by atoms with Gasteiger partial charge >= 0.3 is 0 Å². The van der Waals surface area contributed by atoms with Crippen LogP contribution in [0.2, 0.25) is 0 Å². The molecule has 4 heteroatoms. The Kier molecular flexibility index (Phi) is 5.01. The SMILES string of the molecule is CC1CCN(C(=O)CN(C)C2CCNCC2)CC1. The molecule has 0 aromatic carbocycles. The molecule has 104 valence electrons. The van der Waals surface area contributed by atoms with Crippen molar-refractivity contribution < 1.29 is 4.79 Å². The van der Waals surface area contributed by atoms with Crippen LogP contribution in [0.15, 0.2) is 0 Å². The Labute approximate surface area is 111 Å². The van der Waals surface area contributed by atoms with Crippen molar-refractivity contribution in [2.75, 3.05) is 39.8 Å². The second-order valence-corrected chi connectivity index (χ2v) is 5.96. The van der Waals surface area contributed by atoms with Gasteiger partial charge in [-0.25, -0.2) is 0 Å². The van der Waals surface area contributed by atoms with Crippen molar-refractivity contribution in [2.45, 2.75) is 38.6 Å². The Morgan fingerprint density at radius 3 is 2.44 bits per heavy atom. The van der Waals surface area contributed by atoms with Crippen molar-refractivity contribution in [1.29, 1.82) is 0 Å². The van der Waals surface area contributed by atoms with Crippen molar-refractivity contribution in [2.24, 2.45) is 5.92 Å². The molecular formula is C14H27N3O. The van der Waals surface area contributed by atoms with Gasteiger partial charge in [0.15, 0.2) is 0 Å². The Balaban J connectivity index is 1.75. The summed E-state index contributed by atoms with van der Waals surface area (Å²) < 4.78 is 0. The van der Waals surface area contributed by atoms with E-state index in [1.165, 1.54) is 25.7 Å². The van der Waals surface area contributed by atoms with E-state index in [9.17, 15) is 4.79 Å². The van der Waals surface area contributed by atoms with E-state index in [1.807, 2.05) is 0 Å². The van der Waals surface area contributed by atoms with Gasteiger partial charge in [-0.1, -0.05) is 6.92 Å². The zero-order valence-electron chi connectivity index (χ0n) is 11.8. The van der Waals surface area contributed by atoms with E-state index < -0.39 is 0 Å². The third-order valence-corrected chi connectivity index (χ3v) is 4.45. The second-order valence-electron chi connectivity index (χ2n) is 5.96. The number of hydrogen-bond donors (Lipinski definition) is 1. The Bertz CT molecular complexity index is 268. The highest BCUT2D eigenvalue weighted by molar-refractivity contribution is 5.78. The predicted octanol–water partition coefficient (Wildman–Crippen LogP) is 0.929. The summed E-state index contributed by atoms with van der Waals surface area (Å²) in [5.41, 5.74) is 0. The number of carbonyl (C=O) groups is 1. The summed E-state index contributed by atoms with van der Waals surface area (Å²) in [5, 5.41) is 3.37. The third kappa shape index (κ3) is 3.69. The molecular weight excluding hydrogens is 226 g/mol. The molecule has 0 saturated carbocycles. The van der Waals surface area contributed by atoms with Gasteiger partial charge in [0.05, 0.1) is 6.54 Å². The fourth-order valence-corrected chi connectivity index (χ4v) is 2.95. The summed E-state index contributed by atoms with van der Waals surface area (Å²) >= 11 is 0. The largest absolute Gasteiger partial charge is 0.342 e. The topological polar surface area (TPSA) is 35.6 Å². The standard InChI is InChI=1S/C14H27N3O/c1-12-5-9-17(10-6-12)14(18)11-16(2)13-3-7-15-8-4-13/h12-13,15H,3-11H2,1-2H3. The molecule has 0 bridgehead atoms. The van der Waals surface area contributed by atoms with Crippen molar-refractivity contribution >= 4 is 5.91 Å². The lowest BCUT2D eigenvalue weighted by molar-refractivity contribution is -0.134. The van der Waals surface area contributed by atoms with Gasteiger partial charge in [-0.15, -0.1) is 0 Å². The van der Waals surface area contributed by atoms with E-state index in [1.54, 1.807) is 0 Å². The highest BCUT2D eigenvalue weighted by Crippen LogP contribution is 2.17. The minimum atomic E-state index is 0.322. The fourth-order valence-electron chi connectivity index (χ4n) is 2.95. The number of piperidine rings is 2.